The lowest BCUT2D eigenvalue weighted by molar-refractivity contribution is 0.326. The van der Waals surface area contributed by atoms with Gasteiger partial charge in [-0.15, -0.1) is 0 Å². The third-order valence-electron chi connectivity index (χ3n) is 2.55. The molecule has 0 aromatic heterocycles. The Morgan fingerprint density at radius 1 is 1.57 bits per heavy atom. The fourth-order valence-electron chi connectivity index (χ4n) is 1.80. The number of ether oxygens (including phenoxy) is 2. The van der Waals surface area contributed by atoms with Gasteiger partial charge in [0.15, 0.2) is 0 Å². The highest BCUT2D eigenvalue weighted by atomic mass is 16.5. The Morgan fingerprint density at radius 3 is 3.14 bits per heavy atom. The van der Waals surface area contributed by atoms with Crippen LogP contribution in [0.5, 0.6) is 11.5 Å². The van der Waals surface area contributed by atoms with Crippen LogP contribution in [-0.2, 0) is 0 Å². The molecule has 1 aromatic rings. The van der Waals surface area contributed by atoms with Crippen LogP contribution in [-0.4, -0.2) is 27.3 Å². The third-order valence-corrected chi connectivity index (χ3v) is 2.55. The summed E-state index contributed by atoms with van der Waals surface area (Å²) in [5.41, 5.74) is 1.28. The summed E-state index contributed by atoms with van der Waals surface area (Å²) in [6.07, 6.45) is 0. The van der Waals surface area contributed by atoms with Gasteiger partial charge in [0.25, 0.3) is 0 Å². The molecule has 0 saturated carbocycles. The van der Waals surface area contributed by atoms with Gasteiger partial charge in [0.2, 0.25) is 0 Å². The number of hydrogen-bond donors (Lipinski definition) is 1. The molecule has 1 heterocycles. The largest absolute Gasteiger partial charge is 0.497 e. The summed E-state index contributed by atoms with van der Waals surface area (Å²) in [5, 5.41) is 3.17. The quantitative estimate of drug-likeness (QED) is 0.787. The molecule has 1 unspecified atom stereocenters. The lowest BCUT2D eigenvalue weighted by atomic mass is 10.0. The van der Waals surface area contributed by atoms with E-state index in [1.165, 1.54) is 5.56 Å². The zero-order valence-electron chi connectivity index (χ0n) is 8.54. The number of rotatable bonds is 3. The van der Waals surface area contributed by atoms with E-state index < -0.39 is 0 Å². The molecule has 3 nitrogen and oxygen atoms in total. The van der Waals surface area contributed by atoms with Gasteiger partial charge < -0.3 is 14.8 Å². The number of likely N-dealkylation sites (N-methyl/N-ethyl adjacent to an activating group) is 1. The average Bonchev–Trinajstić information content (AvgIpc) is 2.61. The van der Waals surface area contributed by atoms with Crippen molar-refractivity contribution in [1.82, 2.24) is 5.32 Å². The van der Waals surface area contributed by atoms with Crippen LogP contribution >= 0.6 is 0 Å². The minimum atomic E-state index is 0.473. The second-order valence-corrected chi connectivity index (χ2v) is 3.47. The summed E-state index contributed by atoms with van der Waals surface area (Å²) in [6.45, 7) is 1.72. The molecule has 1 aromatic carbocycles. The molecule has 3 heteroatoms. The van der Waals surface area contributed by atoms with Crippen molar-refractivity contribution >= 4 is 0 Å². The first-order valence-corrected chi connectivity index (χ1v) is 4.80. The average molecular weight is 193 g/mol. The number of methoxy groups -OCH3 is 1. The van der Waals surface area contributed by atoms with Crippen molar-refractivity contribution in [2.75, 3.05) is 27.3 Å². The number of benzene rings is 1. The van der Waals surface area contributed by atoms with Crippen molar-refractivity contribution in [1.29, 1.82) is 0 Å². The first-order chi connectivity index (χ1) is 6.85. The van der Waals surface area contributed by atoms with E-state index in [9.17, 15) is 0 Å². The maximum Gasteiger partial charge on any atom is 0.126 e. The molecular formula is C11H15NO2. The Balaban J connectivity index is 2.24. The molecule has 0 aliphatic carbocycles. The van der Waals surface area contributed by atoms with Gasteiger partial charge in [0.1, 0.15) is 11.5 Å². The smallest absolute Gasteiger partial charge is 0.126 e. The Hall–Kier alpha value is -1.22. The van der Waals surface area contributed by atoms with Crippen molar-refractivity contribution in [3.05, 3.63) is 23.8 Å². The van der Waals surface area contributed by atoms with Gasteiger partial charge >= 0.3 is 0 Å². The van der Waals surface area contributed by atoms with E-state index in [1.54, 1.807) is 7.11 Å². The minimum Gasteiger partial charge on any atom is -0.497 e. The number of hydrogen-bond acceptors (Lipinski definition) is 3. The van der Waals surface area contributed by atoms with E-state index >= 15 is 0 Å². The second-order valence-electron chi connectivity index (χ2n) is 3.47. The first-order valence-electron chi connectivity index (χ1n) is 4.80. The monoisotopic (exact) mass is 193 g/mol. The topological polar surface area (TPSA) is 30.5 Å². The molecule has 0 saturated heterocycles. The van der Waals surface area contributed by atoms with Crippen molar-refractivity contribution in [2.45, 2.75) is 5.92 Å². The summed E-state index contributed by atoms with van der Waals surface area (Å²) in [6, 6.07) is 6.02. The van der Waals surface area contributed by atoms with E-state index in [4.69, 9.17) is 9.47 Å². The zero-order chi connectivity index (χ0) is 9.97. The van der Waals surface area contributed by atoms with Gasteiger partial charge in [-0.1, -0.05) is 6.07 Å². The number of nitrogens with one attached hydrogen (secondary N) is 1. The van der Waals surface area contributed by atoms with Crippen LogP contribution in [0.15, 0.2) is 18.2 Å². The molecule has 0 fully saturated rings. The molecular weight excluding hydrogens is 178 g/mol. The Kier molecular flexibility index (Phi) is 2.59. The van der Waals surface area contributed by atoms with E-state index in [0.717, 1.165) is 24.7 Å². The predicted octanol–water partition coefficient (Wildman–Crippen LogP) is 1.39. The van der Waals surface area contributed by atoms with Crippen LogP contribution in [0.3, 0.4) is 0 Å². The molecule has 2 rings (SSSR count). The SMILES string of the molecule is CNCC1COc2cc(OC)ccc21. The van der Waals surface area contributed by atoms with E-state index in [1.807, 2.05) is 19.2 Å². The van der Waals surface area contributed by atoms with Crippen molar-refractivity contribution in [2.24, 2.45) is 0 Å². The van der Waals surface area contributed by atoms with Gasteiger partial charge in [-0.05, 0) is 13.1 Å². The zero-order valence-corrected chi connectivity index (χ0v) is 8.54. The van der Waals surface area contributed by atoms with Crippen molar-refractivity contribution < 1.29 is 9.47 Å². The Labute approximate surface area is 84.0 Å². The maximum atomic E-state index is 5.59. The minimum absolute atomic E-state index is 0.473. The van der Waals surface area contributed by atoms with Crippen molar-refractivity contribution in [3.63, 3.8) is 0 Å². The normalized spacial score (nSPS) is 18.9. The van der Waals surface area contributed by atoms with Gasteiger partial charge in [0.05, 0.1) is 13.7 Å². The van der Waals surface area contributed by atoms with Gasteiger partial charge in [0, 0.05) is 24.1 Å². The van der Waals surface area contributed by atoms with E-state index in [2.05, 4.69) is 11.4 Å². The fraction of sp³-hybridized carbons (Fsp3) is 0.455. The highest BCUT2D eigenvalue weighted by molar-refractivity contribution is 5.45. The Bertz CT molecular complexity index is 325. The molecule has 1 atom stereocenters. The van der Waals surface area contributed by atoms with Crippen LogP contribution in [0.1, 0.15) is 11.5 Å². The summed E-state index contributed by atoms with van der Waals surface area (Å²) in [7, 11) is 3.63. The van der Waals surface area contributed by atoms with Crippen LogP contribution in [0.2, 0.25) is 0 Å². The molecule has 0 bridgehead atoms. The summed E-state index contributed by atoms with van der Waals surface area (Å²) < 4.78 is 10.7. The van der Waals surface area contributed by atoms with Gasteiger partial charge in [-0.2, -0.15) is 0 Å². The summed E-state index contributed by atoms with van der Waals surface area (Å²) in [4.78, 5) is 0. The molecule has 76 valence electrons. The van der Waals surface area contributed by atoms with Gasteiger partial charge in [-0.25, -0.2) is 0 Å². The molecule has 1 N–H and O–H groups in total. The van der Waals surface area contributed by atoms with Gasteiger partial charge in [-0.3, -0.25) is 0 Å². The standard InChI is InChI=1S/C11H15NO2/c1-12-6-8-7-14-11-5-9(13-2)3-4-10(8)11/h3-5,8,12H,6-7H2,1-2H3. The molecule has 0 radical (unpaired) electrons. The van der Waals surface area contributed by atoms with E-state index in [-0.39, 0.29) is 0 Å². The highest BCUT2D eigenvalue weighted by Crippen LogP contribution is 2.35. The lowest BCUT2D eigenvalue weighted by Crippen LogP contribution is -2.17. The predicted molar refractivity (Wildman–Crippen MR) is 55.2 cm³/mol. The van der Waals surface area contributed by atoms with Crippen LogP contribution in [0, 0.1) is 0 Å². The van der Waals surface area contributed by atoms with Crippen LogP contribution in [0.4, 0.5) is 0 Å². The van der Waals surface area contributed by atoms with Crippen LogP contribution in [0.25, 0.3) is 0 Å². The van der Waals surface area contributed by atoms with Crippen LogP contribution < -0.4 is 14.8 Å². The second kappa shape index (κ2) is 3.88. The highest BCUT2D eigenvalue weighted by Gasteiger charge is 2.23. The summed E-state index contributed by atoms with van der Waals surface area (Å²) in [5.74, 6) is 2.29. The Morgan fingerprint density at radius 2 is 2.43 bits per heavy atom. The summed E-state index contributed by atoms with van der Waals surface area (Å²) >= 11 is 0. The molecule has 14 heavy (non-hydrogen) atoms. The third kappa shape index (κ3) is 1.55. The first kappa shape index (κ1) is 9.34. The fourth-order valence-corrected chi connectivity index (χ4v) is 1.80. The van der Waals surface area contributed by atoms with Crippen molar-refractivity contribution in [3.8, 4) is 11.5 Å². The lowest BCUT2D eigenvalue weighted by Gasteiger charge is -2.07. The van der Waals surface area contributed by atoms with E-state index in [0.29, 0.717) is 5.92 Å². The molecule has 0 amide bonds. The molecule has 1 aliphatic heterocycles. The maximum absolute atomic E-state index is 5.59. The molecule has 0 spiro atoms. The molecule has 1 aliphatic rings. The number of fused-ring (bicyclic) bond motifs is 1.